The Morgan fingerprint density at radius 1 is 1.44 bits per heavy atom. The number of halogens is 1. The number of nitrogens with zero attached hydrogens (tertiary/aromatic N) is 2. The maximum absolute atomic E-state index is 3.86. The lowest BCUT2D eigenvalue weighted by Gasteiger charge is -2.13. The zero-order valence-corrected chi connectivity index (χ0v) is 10.9. The van der Waals surface area contributed by atoms with Crippen molar-refractivity contribution in [1.82, 2.24) is 9.59 Å². The van der Waals surface area contributed by atoms with Gasteiger partial charge in [0.25, 0.3) is 0 Å². The molecule has 5 heteroatoms. The summed E-state index contributed by atoms with van der Waals surface area (Å²) in [5.41, 5.74) is 2.82. The second-order valence-electron chi connectivity index (χ2n) is 3.82. The Morgan fingerprint density at radius 2 is 2.38 bits per heavy atom. The first-order valence-electron chi connectivity index (χ1n) is 5.16. The predicted molar refractivity (Wildman–Crippen MR) is 68.7 cm³/mol. The van der Waals surface area contributed by atoms with Gasteiger partial charge in [-0.25, -0.2) is 0 Å². The van der Waals surface area contributed by atoms with Crippen LogP contribution in [0.4, 0.5) is 5.00 Å². The smallest absolute Gasteiger partial charge is 0.130 e. The molecule has 0 radical (unpaired) electrons. The van der Waals surface area contributed by atoms with Crippen LogP contribution in [0.1, 0.15) is 23.6 Å². The van der Waals surface area contributed by atoms with E-state index in [-0.39, 0.29) is 0 Å². The minimum atomic E-state index is 0.398. The lowest BCUT2D eigenvalue weighted by atomic mass is 10.1. The molecule has 1 atom stereocenters. The van der Waals surface area contributed by atoms with Crippen molar-refractivity contribution in [2.45, 2.75) is 18.9 Å². The summed E-state index contributed by atoms with van der Waals surface area (Å²) in [5, 5.41) is 8.35. The average Bonchev–Trinajstić information content (AvgIpc) is 2.90. The quantitative estimate of drug-likeness (QED) is 0.923. The minimum Gasteiger partial charge on any atom is -0.368 e. The van der Waals surface area contributed by atoms with Crippen LogP contribution in [0.2, 0.25) is 0 Å². The zero-order chi connectivity index (χ0) is 11.0. The average molecular weight is 296 g/mol. The Morgan fingerprint density at radius 3 is 3.19 bits per heavy atom. The number of benzene rings is 1. The van der Waals surface area contributed by atoms with E-state index in [4.69, 9.17) is 0 Å². The SMILES string of the molecule is Brc1cccc2c1CCC2Nc1cnns1. The molecule has 3 rings (SSSR count). The van der Waals surface area contributed by atoms with E-state index in [1.807, 2.05) is 0 Å². The van der Waals surface area contributed by atoms with Crippen LogP contribution in [0.15, 0.2) is 28.9 Å². The van der Waals surface area contributed by atoms with Crippen molar-refractivity contribution in [1.29, 1.82) is 0 Å². The summed E-state index contributed by atoms with van der Waals surface area (Å²) in [6.07, 6.45) is 4.04. The standard InChI is InChI=1S/C11H10BrN3S/c12-9-3-1-2-8-7(9)4-5-10(8)14-11-6-13-15-16-11/h1-3,6,10,14H,4-5H2. The van der Waals surface area contributed by atoms with Gasteiger partial charge in [-0.3, -0.25) is 0 Å². The second-order valence-corrected chi connectivity index (χ2v) is 5.47. The number of rotatable bonds is 2. The fourth-order valence-electron chi connectivity index (χ4n) is 2.16. The maximum atomic E-state index is 3.86. The van der Waals surface area contributed by atoms with Crippen LogP contribution in [0.3, 0.4) is 0 Å². The van der Waals surface area contributed by atoms with Crippen LogP contribution in [-0.2, 0) is 6.42 Å². The third-order valence-electron chi connectivity index (χ3n) is 2.89. The van der Waals surface area contributed by atoms with Crippen molar-refractivity contribution in [3.8, 4) is 0 Å². The molecule has 0 amide bonds. The maximum Gasteiger partial charge on any atom is 0.130 e. The van der Waals surface area contributed by atoms with Crippen molar-refractivity contribution in [2.24, 2.45) is 0 Å². The normalized spacial score (nSPS) is 18.4. The van der Waals surface area contributed by atoms with Crippen molar-refractivity contribution < 1.29 is 0 Å². The van der Waals surface area contributed by atoms with Crippen molar-refractivity contribution in [3.05, 3.63) is 40.0 Å². The molecule has 0 fully saturated rings. The van der Waals surface area contributed by atoms with Gasteiger partial charge in [-0.1, -0.05) is 32.6 Å². The number of fused-ring (bicyclic) bond motifs is 1. The molecule has 1 aromatic carbocycles. The van der Waals surface area contributed by atoms with Gasteiger partial charge < -0.3 is 5.32 Å². The summed E-state index contributed by atoms with van der Waals surface area (Å²) < 4.78 is 5.08. The van der Waals surface area contributed by atoms with Gasteiger partial charge in [0.1, 0.15) is 5.00 Å². The van der Waals surface area contributed by atoms with Crippen LogP contribution in [0.25, 0.3) is 0 Å². The van der Waals surface area contributed by atoms with Crippen molar-refractivity contribution in [3.63, 3.8) is 0 Å². The van der Waals surface area contributed by atoms with Gasteiger partial charge in [0.05, 0.1) is 12.2 Å². The first-order valence-corrected chi connectivity index (χ1v) is 6.72. The van der Waals surface area contributed by atoms with E-state index in [9.17, 15) is 0 Å². The van der Waals surface area contributed by atoms with E-state index < -0.39 is 0 Å². The molecule has 0 saturated heterocycles. The summed E-state index contributed by atoms with van der Waals surface area (Å²) in [4.78, 5) is 0. The lowest BCUT2D eigenvalue weighted by molar-refractivity contribution is 0.764. The minimum absolute atomic E-state index is 0.398. The summed E-state index contributed by atoms with van der Waals surface area (Å²) in [6, 6.07) is 6.79. The second kappa shape index (κ2) is 4.14. The summed E-state index contributed by atoms with van der Waals surface area (Å²) in [5.74, 6) is 0. The Kier molecular flexibility index (Phi) is 2.65. The van der Waals surface area contributed by atoms with E-state index in [1.165, 1.54) is 27.1 Å². The van der Waals surface area contributed by atoms with Gasteiger partial charge >= 0.3 is 0 Å². The van der Waals surface area contributed by atoms with Gasteiger partial charge in [-0.15, -0.1) is 5.10 Å². The first kappa shape index (κ1) is 10.2. The van der Waals surface area contributed by atoms with Gasteiger partial charge in [-0.05, 0) is 30.0 Å². The van der Waals surface area contributed by atoms with Crippen LogP contribution < -0.4 is 5.32 Å². The van der Waals surface area contributed by atoms with E-state index >= 15 is 0 Å². The Balaban J connectivity index is 1.89. The molecular formula is C11H10BrN3S. The molecule has 1 aromatic heterocycles. The fourth-order valence-corrected chi connectivity index (χ4v) is 3.21. The molecule has 0 bridgehead atoms. The molecule has 1 aliphatic rings. The number of hydrogen-bond donors (Lipinski definition) is 1. The molecule has 1 N–H and O–H groups in total. The number of aromatic nitrogens is 2. The lowest BCUT2D eigenvalue weighted by Crippen LogP contribution is -2.05. The van der Waals surface area contributed by atoms with Crippen LogP contribution in [0, 0.1) is 0 Å². The monoisotopic (exact) mass is 295 g/mol. The highest BCUT2D eigenvalue weighted by Crippen LogP contribution is 2.37. The van der Waals surface area contributed by atoms with Gasteiger partial charge in [0, 0.05) is 16.0 Å². The van der Waals surface area contributed by atoms with Crippen molar-refractivity contribution >= 4 is 32.5 Å². The van der Waals surface area contributed by atoms with Crippen LogP contribution in [0.5, 0.6) is 0 Å². The van der Waals surface area contributed by atoms with E-state index in [0.717, 1.165) is 17.8 Å². The number of anilines is 1. The topological polar surface area (TPSA) is 37.8 Å². The molecule has 1 unspecified atom stereocenters. The first-order chi connectivity index (χ1) is 7.84. The molecule has 16 heavy (non-hydrogen) atoms. The summed E-state index contributed by atoms with van der Waals surface area (Å²) >= 11 is 5.01. The van der Waals surface area contributed by atoms with Gasteiger partial charge in [0.15, 0.2) is 0 Å². The van der Waals surface area contributed by atoms with Crippen LogP contribution >= 0.6 is 27.5 Å². The van der Waals surface area contributed by atoms with Crippen LogP contribution in [-0.4, -0.2) is 9.59 Å². The Bertz CT molecular complexity index is 498. The van der Waals surface area contributed by atoms with E-state index in [0.29, 0.717) is 6.04 Å². The molecule has 0 saturated carbocycles. The van der Waals surface area contributed by atoms with E-state index in [2.05, 4.69) is 49.0 Å². The van der Waals surface area contributed by atoms with Crippen molar-refractivity contribution in [2.75, 3.05) is 5.32 Å². The largest absolute Gasteiger partial charge is 0.368 e. The Labute approximate surface area is 106 Å². The molecule has 1 aliphatic carbocycles. The molecule has 2 aromatic rings. The number of nitrogens with one attached hydrogen (secondary N) is 1. The molecule has 1 heterocycles. The predicted octanol–water partition coefficient (Wildman–Crippen LogP) is 3.40. The molecule has 0 aliphatic heterocycles. The molecule has 3 nitrogen and oxygen atoms in total. The molecular weight excluding hydrogens is 286 g/mol. The highest BCUT2D eigenvalue weighted by atomic mass is 79.9. The third kappa shape index (κ3) is 1.74. The summed E-state index contributed by atoms with van der Waals surface area (Å²) in [6.45, 7) is 0. The Hall–Kier alpha value is -0.940. The van der Waals surface area contributed by atoms with Gasteiger partial charge in [-0.2, -0.15) is 0 Å². The highest BCUT2D eigenvalue weighted by Gasteiger charge is 2.24. The van der Waals surface area contributed by atoms with E-state index in [1.54, 1.807) is 6.20 Å². The third-order valence-corrected chi connectivity index (χ3v) is 4.23. The summed E-state index contributed by atoms with van der Waals surface area (Å²) in [7, 11) is 0. The number of hydrogen-bond acceptors (Lipinski definition) is 4. The highest BCUT2D eigenvalue weighted by molar-refractivity contribution is 9.10. The van der Waals surface area contributed by atoms with Gasteiger partial charge in [0.2, 0.25) is 0 Å². The fraction of sp³-hybridized carbons (Fsp3) is 0.273. The molecule has 0 spiro atoms. The molecule has 82 valence electrons. The zero-order valence-electron chi connectivity index (χ0n) is 8.48.